The SMILES string of the molecule is COc1cc(N2CCC(N3CCOCC3)C2)ccc1Nc1nc(NC2CCCCC2)c2nc[nH]c2n1. The number of hydrogen-bond donors (Lipinski definition) is 3. The van der Waals surface area contributed by atoms with Gasteiger partial charge in [0.2, 0.25) is 5.95 Å². The number of nitrogens with zero attached hydrogens (tertiary/aromatic N) is 5. The van der Waals surface area contributed by atoms with E-state index in [0.29, 0.717) is 23.7 Å². The minimum Gasteiger partial charge on any atom is -0.494 e. The molecule has 3 aliphatic rings. The number of benzene rings is 1. The topological polar surface area (TPSA) is 103 Å². The molecule has 2 aromatic heterocycles. The second-order valence-electron chi connectivity index (χ2n) is 10.0. The van der Waals surface area contributed by atoms with Crippen LogP contribution in [0.15, 0.2) is 24.5 Å². The molecule has 3 N–H and O–H groups in total. The van der Waals surface area contributed by atoms with Crippen molar-refractivity contribution in [1.82, 2.24) is 24.8 Å². The van der Waals surface area contributed by atoms with E-state index in [4.69, 9.17) is 14.5 Å². The number of anilines is 4. The molecule has 1 saturated carbocycles. The van der Waals surface area contributed by atoms with Gasteiger partial charge in [0.1, 0.15) is 11.3 Å². The fourth-order valence-corrected chi connectivity index (χ4v) is 5.75. The molecule has 6 rings (SSSR count). The monoisotopic (exact) mass is 492 g/mol. The molecule has 0 radical (unpaired) electrons. The second kappa shape index (κ2) is 10.5. The Hall–Kier alpha value is -3.11. The summed E-state index contributed by atoms with van der Waals surface area (Å²) >= 11 is 0. The minimum atomic E-state index is 0.428. The number of ether oxygens (including phenoxy) is 2. The van der Waals surface area contributed by atoms with E-state index in [2.05, 4.69) is 53.6 Å². The molecule has 0 spiro atoms. The normalized spacial score (nSPS) is 21.7. The summed E-state index contributed by atoms with van der Waals surface area (Å²) < 4.78 is 11.3. The molecule has 0 amide bonds. The predicted molar refractivity (Wildman–Crippen MR) is 141 cm³/mol. The molecule has 4 heterocycles. The van der Waals surface area contributed by atoms with Crippen molar-refractivity contribution < 1.29 is 9.47 Å². The van der Waals surface area contributed by atoms with Gasteiger partial charge in [0, 0.05) is 50.0 Å². The first kappa shape index (κ1) is 23.3. The van der Waals surface area contributed by atoms with Crippen LogP contribution in [0, 0.1) is 0 Å². The Morgan fingerprint density at radius 2 is 1.92 bits per heavy atom. The maximum Gasteiger partial charge on any atom is 0.231 e. The third-order valence-corrected chi connectivity index (χ3v) is 7.75. The Kier molecular flexibility index (Phi) is 6.78. The summed E-state index contributed by atoms with van der Waals surface area (Å²) in [4.78, 5) is 22.1. The Morgan fingerprint density at radius 3 is 2.75 bits per heavy atom. The number of fused-ring (bicyclic) bond motifs is 1. The number of rotatable bonds is 7. The molecule has 36 heavy (non-hydrogen) atoms. The number of imidazole rings is 1. The van der Waals surface area contributed by atoms with E-state index in [9.17, 15) is 0 Å². The molecule has 10 nitrogen and oxygen atoms in total. The second-order valence-corrected chi connectivity index (χ2v) is 10.0. The van der Waals surface area contributed by atoms with Crippen LogP contribution in [-0.4, -0.2) is 83.4 Å². The van der Waals surface area contributed by atoms with Gasteiger partial charge in [0.15, 0.2) is 11.5 Å². The van der Waals surface area contributed by atoms with Gasteiger partial charge in [-0.15, -0.1) is 0 Å². The van der Waals surface area contributed by atoms with Gasteiger partial charge in [-0.3, -0.25) is 4.90 Å². The first-order valence-electron chi connectivity index (χ1n) is 13.3. The van der Waals surface area contributed by atoms with Gasteiger partial charge in [-0.2, -0.15) is 9.97 Å². The fraction of sp³-hybridized carbons (Fsp3) is 0.577. The number of hydrogen-bond acceptors (Lipinski definition) is 9. The molecule has 3 aromatic rings. The summed E-state index contributed by atoms with van der Waals surface area (Å²) in [6.07, 6.45) is 9.00. The Balaban J connectivity index is 1.19. The zero-order valence-corrected chi connectivity index (χ0v) is 21.0. The van der Waals surface area contributed by atoms with Crippen molar-refractivity contribution >= 4 is 34.3 Å². The van der Waals surface area contributed by atoms with Gasteiger partial charge in [0.05, 0.1) is 32.3 Å². The van der Waals surface area contributed by atoms with Crippen molar-refractivity contribution in [2.24, 2.45) is 0 Å². The lowest BCUT2D eigenvalue weighted by Gasteiger charge is -2.32. The maximum absolute atomic E-state index is 5.78. The Bertz CT molecular complexity index is 1170. The summed E-state index contributed by atoms with van der Waals surface area (Å²) in [5.74, 6) is 2.07. The molecule has 0 bridgehead atoms. The first-order valence-corrected chi connectivity index (χ1v) is 13.3. The van der Waals surface area contributed by atoms with Crippen LogP contribution in [-0.2, 0) is 4.74 Å². The van der Waals surface area contributed by atoms with Crippen molar-refractivity contribution in [2.75, 3.05) is 62.0 Å². The summed E-state index contributed by atoms with van der Waals surface area (Å²) in [6, 6.07) is 7.34. The van der Waals surface area contributed by atoms with E-state index >= 15 is 0 Å². The summed E-state index contributed by atoms with van der Waals surface area (Å²) in [5, 5.41) is 7.00. The highest BCUT2D eigenvalue weighted by atomic mass is 16.5. The average molecular weight is 493 g/mol. The maximum atomic E-state index is 5.78. The lowest BCUT2D eigenvalue weighted by Crippen LogP contribution is -2.44. The van der Waals surface area contributed by atoms with E-state index in [1.54, 1.807) is 13.4 Å². The van der Waals surface area contributed by atoms with Gasteiger partial charge in [-0.05, 0) is 31.4 Å². The molecular formula is C26H36N8O2. The standard InChI is InChI=1S/C26H36N8O2/c1-35-22-15-19(34-10-9-20(16-34)33-11-13-36-14-12-33)7-8-21(22)30-26-31-24-23(27-17-28-24)25(32-26)29-18-5-3-2-4-6-18/h7-8,15,17-18,20H,2-6,9-14,16H2,1H3,(H3,27,28,29,30,31,32). The van der Waals surface area contributed by atoms with Gasteiger partial charge in [0.25, 0.3) is 0 Å². The highest BCUT2D eigenvalue weighted by Crippen LogP contribution is 2.34. The van der Waals surface area contributed by atoms with Gasteiger partial charge < -0.3 is 30.0 Å². The van der Waals surface area contributed by atoms with E-state index in [-0.39, 0.29) is 0 Å². The number of H-pyrrole nitrogens is 1. The van der Waals surface area contributed by atoms with E-state index in [0.717, 1.165) is 75.0 Å². The summed E-state index contributed by atoms with van der Waals surface area (Å²) in [6.45, 7) is 5.83. The Morgan fingerprint density at radius 1 is 1.06 bits per heavy atom. The number of nitrogens with one attached hydrogen (secondary N) is 3. The van der Waals surface area contributed by atoms with Crippen LogP contribution in [0.3, 0.4) is 0 Å². The highest BCUT2D eigenvalue weighted by Gasteiger charge is 2.29. The molecule has 3 fully saturated rings. The first-order chi connectivity index (χ1) is 17.8. The highest BCUT2D eigenvalue weighted by molar-refractivity contribution is 5.84. The van der Waals surface area contributed by atoms with Gasteiger partial charge in [-0.1, -0.05) is 19.3 Å². The average Bonchev–Trinajstić information content (AvgIpc) is 3.61. The molecule has 2 aliphatic heterocycles. The molecule has 1 aliphatic carbocycles. The summed E-state index contributed by atoms with van der Waals surface area (Å²) in [5.41, 5.74) is 3.51. The third kappa shape index (κ3) is 4.92. The fourth-order valence-electron chi connectivity index (χ4n) is 5.75. The molecule has 10 heteroatoms. The largest absolute Gasteiger partial charge is 0.494 e. The lowest BCUT2D eigenvalue weighted by molar-refractivity contribution is 0.0209. The van der Waals surface area contributed by atoms with E-state index in [1.807, 2.05) is 0 Å². The van der Waals surface area contributed by atoms with Crippen LogP contribution in [0.2, 0.25) is 0 Å². The van der Waals surface area contributed by atoms with E-state index < -0.39 is 0 Å². The third-order valence-electron chi connectivity index (χ3n) is 7.75. The zero-order valence-electron chi connectivity index (χ0n) is 21.0. The Labute approximate surface area is 211 Å². The van der Waals surface area contributed by atoms with Crippen molar-refractivity contribution in [1.29, 1.82) is 0 Å². The quantitative estimate of drug-likeness (QED) is 0.455. The van der Waals surface area contributed by atoms with Crippen LogP contribution < -0.4 is 20.3 Å². The molecular weight excluding hydrogens is 456 g/mol. The summed E-state index contributed by atoms with van der Waals surface area (Å²) in [7, 11) is 1.71. The van der Waals surface area contributed by atoms with E-state index in [1.165, 1.54) is 31.4 Å². The smallest absolute Gasteiger partial charge is 0.231 e. The van der Waals surface area contributed by atoms with Crippen molar-refractivity contribution in [3.8, 4) is 5.75 Å². The van der Waals surface area contributed by atoms with Crippen molar-refractivity contribution in [3.05, 3.63) is 24.5 Å². The van der Waals surface area contributed by atoms with Crippen LogP contribution in [0.25, 0.3) is 11.2 Å². The molecule has 2 saturated heterocycles. The molecule has 1 aromatic carbocycles. The van der Waals surface area contributed by atoms with Gasteiger partial charge in [-0.25, -0.2) is 4.98 Å². The van der Waals surface area contributed by atoms with Crippen LogP contribution in [0.4, 0.5) is 23.1 Å². The number of aromatic amines is 1. The van der Waals surface area contributed by atoms with Crippen molar-refractivity contribution in [3.63, 3.8) is 0 Å². The van der Waals surface area contributed by atoms with Crippen LogP contribution >= 0.6 is 0 Å². The zero-order chi connectivity index (χ0) is 24.3. The molecule has 192 valence electrons. The predicted octanol–water partition coefficient (Wildman–Crippen LogP) is 3.76. The number of aromatic nitrogens is 4. The van der Waals surface area contributed by atoms with Gasteiger partial charge >= 0.3 is 0 Å². The number of morpholine rings is 1. The lowest BCUT2D eigenvalue weighted by atomic mass is 9.95. The minimum absolute atomic E-state index is 0.428. The number of methoxy groups -OCH3 is 1. The van der Waals surface area contributed by atoms with Crippen LogP contribution in [0.5, 0.6) is 5.75 Å². The van der Waals surface area contributed by atoms with Crippen molar-refractivity contribution in [2.45, 2.75) is 50.6 Å². The molecule has 1 unspecified atom stereocenters. The van der Waals surface area contributed by atoms with Crippen LogP contribution in [0.1, 0.15) is 38.5 Å². The molecule has 1 atom stereocenters.